The van der Waals surface area contributed by atoms with E-state index in [2.05, 4.69) is 6.92 Å². The number of benzene rings is 1. The topological polar surface area (TPSA) is 55.8 Å². The van der Waals surface area contributed by atoms with Gasteiger partial charge in [-0.3, -0.25) is 9.42 Å². The van der Waals surface area contributed by atoms with Crippen LogP contribution in [0, 0.1) is 0 Å². The Balaban J connectivity index is 2.48. The summed E-state index contributed by atoms with van der Waals surface area (Å²) in [5.74, 6) is 0.411. The average molecular weight is 342 g/mol. The first-order valence-electron chi connectivity index (χ1n) is 8.52. The van der Waals surface area contributed by atoms with E-state index in [1.54, 1.807) is 12.1 Å². The molecule has 0 saturated carbocycles. The molecule has 132 valence electrons. The van der Waals surface area contributed by atoms with Crippen LogP contribution in [0.25, 0.3) is 0 Å². The lowest BCUT2D eigenvalue weighted by Crippen LogP contribution is -2.13. The van der Waals surface area contributed by atoms with Gasteiger partial charge in [0.15, 0.2) is 0 Å². The summed E-state index contributed by atoms with van der Waals surface area (Å²) >= 11 is 0. The first-order valence-corrected chi connectivity index (χ1v) is 10.0. The van der Waals surface area contributed by atoms with E-state index in [4.69, 9.17) is 9.05 Å². The van der Waals surface area contributed by atoms with Crippen LogP contribution in [-0.4, -0.2) is 11.5 Å². The van der Waals surface area contributed by atoms with E-state index in [1.807, 2.05) is 32.9 Å². The maximum Gasteiger partial charge on any atom is 0.527 e. The molecule has 0 aliphatic heterocycles. The van der Waals surface area contributed by atoms with Crippen molar-refractivity contribution in [2.75, 3.05) is 6.61 Å². The molecule has 0 spiro atoms. The lowest BCUT2D eigenvalue weighted by atomic mass is 9.86. The third-order valence-electron chi connectivity index (χ3n) is 3.66. The van der Waals surface area contributed by atoms with E-state index < -0.39 is 7.82 Å². The van der Waals surface area contributed by atoms with Gasteiger partial charge in [-0.05, 0) is 17.9 Å². The van der Waals surface area contributed by atoms with Crippen molar-refractivity contribution >= 4 is 7.82 Å². The molecular weight excluding hydrogens is 311 g/mol. The zero-order valence-electron chi connectivity index (χ0n) is 14.9. The second kappa shape index (κ2) is 9.46. The molecule has 1 unspecified atom stereocenters. The lowest BCUT2D eigenvalue weighted by molar-refractivity contribution is 0.198. The Morgan fingerprint density at radius 2 is 1.65 bits per heavy atom. The lowest BCUT2D eigenvalue weighted by Gasteiger charge is -2.23. The normalized spacial score (nSPS) is 14.5. The molecule has 0 heterocycles. The van der Waals surface area contributed by atoms with Gasteiger partial charge in [0, 0.05) is 5.56 Å². The molecule has 5 heteroatoms. The molecule has 1 N–H and O–H groups in total. The average Bonchev–Trinajstić information content (AvgIpc) is 2.45. The van der Waals surface area contributed by atoms with Crippen LogP contribution >= 0.6 is 7.82 Å². The van der Waals surface area contributed by atoms with Gasteiger partial charge in [0.25, 0.3) is 0 Å². The van der Waals surface area contributed by atoms with Gasteiger partial charge in [-0.1, -0.05) is 78.0 Å². The van der Waals surface area contributed by atoms with E-state index in [0.29, 0.717) is 5.75 Å². The fraction of sp³-hybridized carbons (Fsp3) is 0.667. The van der Waals surface area contributed by atoms with E-state index in [0.717, 1.165) is 24.8 Å². The van der Waals surface area contributed by atoms with Gasteiger partial charge >= 0.3 is 7.82 Å². The van der Waals surface area contributed by atoms with Gasteiger partial charge in [0.2, 0.25) is 0 Å². The number of rotatable bonds is 10. The number of phosphoric ester groups is 1. The highest BCUT2D eigenvalue weighted by Gasteiger charge is 2.27. The van der Waals surface area contributed by atoms with Gasteiger partial charge in [0.05, 0.1) is 6.61 Å². The number of phosphoric acid groups is 1. The third kappa shape index (κ3) is 8.01. The maximum atomic E-state index is 12.1. The van der Waals surface area contributed by atoms with Crippen LogP contribution in [0.1, 0.15) is 71.8 Å². The Labute approximate surface area is 140 Å². The molecule has 0 radical (unpaired) electrons. The summed E-state index contributed by atoms with van der Waals surface area (Å²) < 4.78 is 22.5. The van der Waals surface area contributed by atoms with Crippen LogP contribution in [0.3, 0.4) is 0 Å². The van der Waals surface area contributed by atoms with Crippen molar-refractivity contribution in [3.05, 3.63) is 29.8 Å². The zero-order chi connectivity index (χ0) is 17.3. The summed E-state index contributed by atoms with van der Waals surface area (Å²) in [6, 6.07) is 7.30. The van der Waals surface area contributed by atoms with Crippen LogP contribution < -0.4 is 4.52 Å². The molecule has 0 aliphatic rings. The minimum atomic E-state index is -4.07. The largest absolute Gasteiger partial charge is 0.527 e. The van der Waals surface area contributed by atoms with Crippen molar-refractivity contribution < 1.29 is 18.5 Å². The van der Waals surface area contributed by atoms with E-state index in [1.165, 1.54) is 19.3 Å². The standard InChI is InChI=1S/C18H31O4P/c1-5-6-7-8-9-12-15-21-23(19,20)22-17-14-11-10-13-16(17)18(2,3)4/h10-11,13-14H,5-9,12,15H2,1-4H3,(H,19,20). The molecule has 1 rings (SSSR count). The molecule has 1 atom stereocenters. The minimum Gasteiger partial charge on any atom is -0.404 e. The van der Waals surface area contributed by atoms with Gasteiger partial charge < -0.3 is 4.52 Å². The first kappa shape index (κ1) is 20.2. The fourth-order valence-electron chi connectivity index (χ4n) is 2.38. The van der Waals surface area contributed by atoms with Gasteiger partial charge in [-0.15, -0.1) is 0 Å². The van der Waals surface area contributed by atoms with Gasteiger partial charge in [-0.25, -0.2) is 4.57 Å². The summed E-state index contributed by atoms with van der Waals surface area (Å²) in [6.45, 7) is 8.54. The van der Waals surface area contributed by atoms with Gasteiger partial charge in [0.1, 0.15) is 5.75 Å². The summed E-state index contributed by atoms with van der Waals surface area (Å²) in [5.41, 5.74) is 0.716. The second-order valence-electron chi connectivity index (χ2n) is 6.91. The quantitative estimate of drug-likeness (QED) is 0.428. The van der Waals surface area contributed by atoms with Crippen LogP contribution in [0.5, 0.6) is 5.75 Å². The third-order valence-corrected chi connectivity index (χ3v) is 4.60. The molecule has 0 bridgehead atoms. The van der Waals surface area contributed by atoms with E-state index in [-0.39, 0.29) is 12.0 Å². The maximum absolute atomic E-state index is 12.1. The molecule has 1 aromatic rings. The van der Waals surface area contributed by atoms with Crippen LogP contribution in [0.2, 0.25) is 0 Å². The van der Waals surface area contributed by atoms with Crippen molar-refractivity contribution in [2.24, 2.45) is 0 Å². The SMILES string of the molecule is CCCCCCCCOP(=O)(O)Oc1ccccc1C(C)(C)C. The molecule has 0 aliphatic carbocycles. The highest BCUT2D eigenvalue weighted by molar-refractivity contribution is 7.47. The highest BCUT2D eigenvalue weighted by Crippen LogP contribution is 2.46. The minimum absolute atomic E-state index is 0.171. The first-order chi connectivity index (χ1) is 10.8. The Kier molecular flexibility index (Phi) is 8.32. The van der Waals surface area contributed by atoms with Crippen molar-refractivity contribution in [3.63, 3.8) is 0 Å². The number of para-hydroxylation sites is 1. The molecule has 0 amide bonds. The summed E-state index contributed by atoms with van der Waals surface area (Å²) in [4.78, 5) is 9.91. The Bertz CT molecular complexity index is 508. The van der Waals surface area contributed by atoms with Crippen LogP contribution in [0.4, 0.5) is 0 Å². The Morgan fingerprint density at radius 3 is 2.30 bits per heavy atom. The fourth-order valence-corrected chi connectivity index (χ4v) is 3.20. The van der Waals surface area contributed by atoms with E-state index in [9.17, 15) is 9.46 Å². The molecule has 23 heavy (non-hydrogen) atoms. The Morgan fingerprint density at radius 1 is 1.04 bits per heavy atom. The second-order valence-corrected chi connectivity index (χ2v) is 8.28. The smallest absolute Gasteiger partial charge is 0.404 e. The van der Waals surface area contributed by atoms with Gasteiger partial charge in [-0.2, -0.15) is 0 Å². The zero-order valence-corrected chi connectivity index (χ0v) is 15.8. The van der Waals surface area contributed by atoms with Crippen LogP contribution in [0.15, 0.2) is 24.3 Å². The molecule has 0 saturated heterocycles. The predicted octanol–water partition coefficient (Wildman–Crippen LogP) is 5.84. The monoisotopic (exact) mass is 342 g/mol. The summed E-state index contributed by atoms with van der Waals surface area (Å²) in [7, 11) is -4.07. The Hall–Kier alpha value is -0.830. The molecular formula is C18H31O4P. The van der Waals surface area contributed by atoms with Crippen molar-refractivity contribution in [1.29, 1.82) is 0 Å². The molecule has 0 aromatic heterocycles. The molecule has 0 fully saturated rings. The van der Waals surface area contributed by atoms with E-state index >= 15 is 0 Å². The predicted molar refractivity (Wildman–Crippen MR) is 94.9 cm³/mol. The van der Waals surface area contributed by atoms with Crippen molar-refractivity contribution in [3.8, 4) is 5.75 Å². The number of hydrogen-bond donors (Lipinski definition) is 1. The van der Waals surface area contributed by atoms with Crippen molar-refractivity contribution in [1.82, 2.24) is 0 Å². The number of hydrogen-bond acceptors (Lipinski definition) is 3. The molecule has 1 aromatic carbocycles. The summed E-state index contributed by atoms with van der Waals surface area (Å²) in [5, 5.41) is 0. The number of unbranched alkanes of at least 4 members (excludes halogenated alkanes) is 5. The summed E-state index contributed by atoms with van der Waals surface area (Å²) in [6.07, 6.45) is 6.59. The molecule has 4 nitrogen and oxygen atoms in total. The van der Waals surface area contributed by atoms with Crippen molar-refractivity contribution in [2.45, 2.75) is 71.6 Å². The highest BCUT2D eigenvalue weighted by atomic mass is 31.2. The van der Waals surface area contributed by atoms with Crippen LogP contribution in [-0.2, 0) is 14.5 Å².